The minimum atomic E-state index is -0.481. The van der Waals surface area contributed by atoms with Gasteiger partial charge in [0, 0.05) is 63.2 Å². The number of amides is 1. The highest BCUT2D eigenvalue weighted by atomic mass is 35.5. The van der Waals surface area contributed by atoms with Crippen LogP contribution in [0, 0.1) is 0 Å². The van der Waals surface area contributed by atoms with Crippen molar-refractivity contribution in [3.05, 3.63) is 44.2 Å². The van der Waals surface area contributed by atoms with E-state index in [4.69, 9.17) is 14.7 Å². The van der Waals surface area contributed by atoms with Gasteiger partial charge in [0.25, 0.3) is 11.1 Å². The minimum Gasteiger partial charge on any atom is -0.444 e. The van der Waals surface area contributed by atoms with Crippen molar-refractivity contribution in [3.63, 3.8) is 0 Å². The first kappa shape index (κ1) is 35.7. The van der Waals surface area contributed by atoms with E-state index in [0.717, 1.165) is 95.1 Å². The van der Waals surface area contributed by atoms with Gasteiger partial charge in [0.15, 0.2) is 0 Å². The lowest BCUT2D eigenvalue weighted by Crippen LogP contribution is -2.41. The van der Waals surface area contributed by atoms with Crippen LogP contribution in [0.4, 0.5) is 16.7 Å². The standard InChI is InChI=1S/C19H30N4O3.C14H22N4O.ClH/c1-19(2,3)26-18(25)23-11-7-14(8-12-23)15-13-16(24)21-17(20-15)22-9-5-4-6-10-22;19-13-10-12(11-4-6-15-7-5-11)16-14(17-13)18-8-2-1-3-9-18;/h13-14H,4-12H2,1-3H3,(H,20,21,24);10-11,15H,1-9H2,(H,16,17,19);1H. The molecule has 4 saturated heterocycles. The van der Waals surface area contributed by atoms with E-state index in [1.54, 1.807) is 17.0 Å². The van der Waals surface area contributed by atoms with Crippen molar-refractivity contribution in [2.45, 2.75) is 102 Å². The van der Waals surface area contributed by atoms with Crippen molar-refractivity contribution in [1.29, 1.82) is 0 Å². The molecule has 0 atom stereocenters. The van der Waals surface area contributed by atoms with Gasteiger partial charge < -0.3 is 24.8 Å². The predicted molar refractivity (Wildman–Crippen MR) is 184 cm³/mol. The Morgan fingerprint density at radius 1 is 0.717 bits per heavy atom. The molecule has 4 aliphatic heterocycles. The molecule has 3 N–H and O–H groups in total. The van der Waals surface area contributed by atoms with Crippen molar-refractivity contribution in [2.24, 2.45) is 0 Å². The van der Waals surface area contributed by atoms with Crippen molar-refractivity contribution >= 4 is 30.4 Å². The smallest absolute Gasteiger partial charge is 0.410 e. The predicted octanol–water partition coefficient (Wildman–Crippen LogP) is 4.52. The molecule has 0 saturated carbocycles. The van der Waals surface area contributed by atoms with Crippen molar-refractivity contribution in [1.82, 2.24) is 30.2 Å². The van der Waals surface area contributed by atoms with Crippen LogP contribution in [0.25, 0.3) is 0 Å². The van der Waals surface area contributed by atoms with E-state index in [-0.39, 0.29) is 35.5 Å². The molecule has 0 unspecified atom stereocenters. The fourth-order valence-corrected chi connectivity index (χ4v) is 6.66. The first-order chi connectivity index (χ1) is 21.6. The van der Waals surface area contributed by atoms with E-state index in [0.29, 0.717) is 25.0 Å². The molecule has 0 aromatic carbocycles. The number of H-pyrrole nitrogens is 2. The van der Waals surface area contributed by atoms with Crippen molar-refractivity contribution in [2.75, 3.05) is 62.2 Å². The maximum atomic E-state index is 12.2. The average molecular weight is 661 g/mol. The van der Waals surface area contributed by atoms with Crippen LogP contribution in [0.15, 0.2) is 21.7 Å². The molecule has 0 spiro atoms. The molecular weight excluding hydrogens is 608 g/mol. The van der Waals surface area contributed by atoms with E-state index < -0.39 is 5.60 Å². The Morgan fingerprint density at radius 2 is 1.15 bits per heavy atom. The third-order valence-corrected chi connectivity index (χ3v) is 9.13. The molecule has 256 valence electrons. The van der Waals surface area contributed by atoms with E-state index in [2.05, 4.69) is 25.1 Å². The Labute approximate surface area is 278 Å². The number of likely N-dealkylation sites (tertiary alicyclic amines) is 1. The van der Waals surface area contributed by atoms with Gasteiger partial charge in [-0.1, -0.05) is 0 Å². The SMILES string of the molecule is CC(C)(C)OC(=O)N1CCC(c2cc(=O)[nH]c(N3CCCCC3)n2)CC1.Cl.O=c1cc(C2CCNCC2)nc(N2CCCCC2)[nH]1. The highest BCUT2D eigenvalue weighted by Gasteiger charge is 2.29. The quantitative estimate of drug-likeness (QED) is 0.432. The zero-order valence-corrected chi connectivity index (χ0v) is 28.6. The normalized spacial score (nSPS) is 19.9. The second kappa shape index (κ2) is 16.6. The molecule has 6 rings (SSSR count). The van der Waals surface area contributed by atoms with E-state index in [1.165, 1.54) is 25.7 Å². The van der Waals surface area contributed by atoms with Gasteiger partial charge in [-0.15, -0.1) is 12.4 Å². The maximum Gasteiger partial charge on any atom is 0.410 e. The van der Waals surface area contributed by atoms with Crippen molar-refractivity contribution in [3.8, 4) is 0 Å². The highest BCUT2D eigenvalue weighted by molar-refractivity contribution is 5.85. The lowest BCUT2D eigenvalue weighted by molar-refractivity contribution is 0.0204. The molecule has 1 amide bonds. The number of carbonyl (C=O) groups excluding carboxylic acids is 1. The van der Waals surface area contributed by atoms with E-state index in [9.17, 15) is 14.4 Å². The van der Waals surface area contributed by atoms with E-state index >= 15 is 0 Å². The molecule has 13 heteroatoms. The van der Waals surface area contributed by atoms with Crippen molar-refractivity contribution < 1.29 is 9.53 Å². The summed E-state index contributed by atoms with van der Waals surface area (Å²) < 4.78 is 5.45. The molecule has 0 radical (unpaired) electrons. The van der Waals surface area contributed by atoms with Crippen LogP contribution in [-0.2, 0) is 4.74 Å². The molecule has 2 aromatic rings. The van der Waals surface area contributed by atoms with Crippen LogP contribution in [0.5, 0.6) is 0 Å². The molecule has 4 aliphatic rings. The Balaban J connectivity index is 0.000000213. The van der Waals surface area contributed by atoms with Crippen LogP contribution < -0.4 is 26.2 Å². The monoisotopic (exact) mass is 660 g/mol. The summed E-state index contributed by atoms with van der Waals surface area (Å²) in [5.74, 6) is 2.12. The third kappa shape index (κ3) is 10.2. The zero-order chi connectivity index (χ0) is 31.8. The molecule has 46 heavy (non-hydrogen) atoms. The molecule has 4 fully saturated rings. The van der Waals surface area contributed by atoms with Crippen LogP contribution >= 0.6 is 12.4 Å². The van der Waals surface area contributed by atoms with Crippen LogP contribution in [-0.4, -0.2) is 88.9 Å². The number of piperidine rings is 4. The number of ether oxygens (including phenoxy) is 1. The zero-order valence-electron chi connectivity index (χ0n) is 27.8. The third-order valence-electron chi connectivity index (χ3n) is 9.13. The lowest BCUT2D eigenvalue weighted by Gasteiger charge is -2.33. The van der Waals surface area contributed by atoms with Gasteiger partial charge in [-0.25, -0.2) is 14.8 Å². The first-order valence-electron chi connectivity index (χ1n) is 17.1. The van der Waals surface area contributed by atoms with Crippen LogP contribution in [0.2, 0.25) is 0 Å². The summed E-state index contributed by atoms with van der Waals surface area (Å²) in [5.41, 5.74) is 1.24. The molecule has 2 aromatic heterocycles. The Bertz CT molecular complexity index is 1330. The summed E-state index contributed by atoms with van der Waals surface area (Å²) in [6.45, 7) is 12.9. The van der Waals surface area contributed by atoms with Gasteiger partial charge in [0.1, 0.15) is 5.60 Å². The number of rotatable bonds is 4. The topological polar surface area (TPSA) is 140 Å². The lowest BCUT2D eigenvalue weighted by atomic mass is 9.93. The summed E-state index contributed by atoms with van der Waals surface area (Å²) in [7, 11) is 0. The second-order valence-corrected chi connectivity index (χ2v) is 13.8. The number of aromatic nitrogens is 4. The summed E-state index contributed by atoms with van der Waals surface area (Å²) >= 11 is 0. The minimum absolute atomic E-state index is 0. The summed E-state index contributed by atoms with van der Waals surface area (Å²) in [5, 5.41) is 3.35. The van der Waals surface area contributed by atoms with E-state index in [1.807, 2.05) is 20.8 Å². The number of anilines is 2. The first-order valence-corrected chi connectivity index (χ1v) is 17.1. The molecule has 12 nitrogen and oxygen atoms in total. The Kier molecular flexibility index (Phi) is 12.9. The molecule has 0 bridgehead atoms. The van der Waals surface area contributed by atoms with Gasteiger partial charge in [0.2, 0.25) is 11.9 Å². The van der Waals surface area contributed by atoms with Gasteiger partial charge in [0.05, 0.1) is 11.4 Å². The second-order valence-electron chi connectivity index (χ2n) is 13.8. The van der Waals surface area contributed by atoms with Gasteiger partial charge in [-0.2, -0.15) is 0 Å². The maximum absolute atomic E-state index is 12.2. The average Bonchev–Trinajstić information content (AvgIpc) is 3.05. The molecule has 6 heterocycles. The number of hydrogen-bond donors (Lipinski definition) is 3. The van der Waals surface area contributed by atoms with Gasteiger partial charge >= 0.3 is 6.09 Å². The van der Waals surface area contributed by atoms with Crippen LogP contribution in [0.3, 0.4) is 0 Å². The van der Waals surface area contributed by atoms with Crippen LogP contribution in [0.1, 0.15) is 108 Å². The Morgan fingerprint density at radius 3 is 1.59 bits per heavy atom. The largest absolute Gasteiger partial charge is 0.444 e. The number of nitrogens with one attached hydrogen (secondary N) is 3. The van der Waals surface area contributed by atoms with Gasteiger partial charge in [-0.05, 0) is 98.1 Å². The summed E-state index contributed by atoms with van der Waals surface area (Å²) in [6, 6.07) is 3.30. The molecule has 0 aliphatic carbocycles. The van der Waals surface area contributed by atoms with Gasteiger partial charge in [-0.3, -0.25) is 19.6 Å². The number of aromatic amines is 2. The number of nitrogens with zero attached hydrogens (tertiary/aromatic N) is 5. The highest BCUT2D eigenvalue weighted by Crippen LogP contribution is 2.28. The summed E-state index contributed by atoms with van der Waals surface area (Å²) in [6.07, 6.45) is 10.7. The fraction of sp³-hybridized carbons (Fsp3) is 0.727. The Hall–Kier alpha value is -3.12. The number of hydrogen-bond acceptors (Lipinski definition) is 9. The summed E-state index contributed by atoms with van der Waals surface area (Å²) in [4.78, 5) is 57.6. The fourth-order valence-electron chi connectivity index (χ4n) is 6.66. The number of carbonyl (C=O) groups is 1. The number of halogens is 1. The molecular formula is C33H53ClN8O4.